The first-order valence-electron chi connectivity index (χ1n) is 5.15. The van der Waals surface area contributed by atoms with Crippen LogP contribution in [0, 0.1) is 13.8 Å². The predicted octanol–water partition coefficient (Wildman–Crippen LogP) is 4.18. The monoisotopic (exact) mass is 295 g/mol. The fraction of sp³-hybridized carbons (Fsp3) is 0.231. The van der Waals surface area contributed by atoms with Crippen molar-refractivity contribution in [3.63, 3.8) is 0 Å². The van der Waals surface area contributed by atoms with Crippen LogP contribution in [0.5, 0.6) is 0 Å². The molecule has 0 spiro atoms. The van der Waals surface area contributed by atoms with E-state index in [4.69, 9.17) is 5.73 Å². The highest BCUT2D eigenvalue weighted by Crippen LogP contribution is 2.32. The zero-order valence-electron chi connectivity index (χ0n) is 9.33. The lowest BCUT2D eigenvalue weighted by atomic mass is 10.0. The number of rotatable bonds is 2. The molecule has 0 aliphatic heterocycles. The van der Waals surface area contributed by atoms with E-state index in [-0.39, 0.29) is 6.04 Å². The SMILES string of the molecule is Cc1ccc(Br)c(C(N)c2sccc2C)c1. The van der Waals surface area contributed by atoms with Crippen LogP contribution >= 0.6 is 27.3 Å². The second-order valence-corrected chi connectivity index (χ2v) is 5.77. The average molecular weight is 296 g/mol. The largest absolute Gasteiger partial charge is 0.320 e. The molecule has 0 radical (unpaired) electrons. The lowest BCUT2D eigenvalue weighted by Gasteiger charge is -2.14. The molecule has 3 heteroatoms. The summed E-state index contributed by atoms with van der Waals surface area (Å²) in [6.07, 6.45) is 0. The van der Waals surface area contributed by atoms with Gasteiger partial charge in [0.25, 0.3) is 0 Å². The number of thiophene rings is 1. The van der Waals surface area contributed by atoms with Crippen LogP contribution in [-0.2, 0) is 0 Å². The van der Waals surface area contributed by atoms with E-state index >= 15 is 0 Å². The van der Waals surface area contributed by atoms with E-state index in [0.717, 1.165) is 10.0 Å². The number of halogens is 1. The van der Waals surface area contributed by atoms with E-state index in [1.807, 2.05) is 0 Å². The summed E-state index contributed by atoms with van der Waals surface area (Å²) in [5, 5.41) is 2.09. The van der Waals surface area contributed by atoms with Gasteiger partial charge in [0.05, 0.1) is 6.04 Å². The van der Waals surface area contributed by atoms with Crippen molar-refractivity contribution in [2.75, 3.05) is 0 Å². The predicted molar refractivity (Wildman–Crippen MR) is 74.0 cm³/mol. The molecule has 1 aromatic heterocycles. The van der Waals surface area contributed by atoms with Crippen LogP contribution in [0.4, 0.5) is 0 Å². The highest BCUT2D eigenvalue weighted by molar-refractivity contribution is 9.10. The molecule has 1 nitrogen and oxygen atoms in total. The summed E-state index contributed by atoms with van der Waals surface area (Å²) in [4.78, 5) is 1.24. The second kappa shape index (κ2) is 4.70. The summed E-state index contributed by atoms with van der Waals surface area (Å²) >= 11 is 5.29. The molecule has 1 aromatic carbocycles. The molecular weight excluding hydrogens is 282 g/mol. The molecule has 0 aliphatic rings. The van der Waals surface area contributed by atoms with Gasteiger partial charge in [0.15, 0.2) is 0 Å². The number of aryl methyl sites for hydroxylation is 2. The minimum atomic E-state index is -0.0331. The van der Waals surface area contributed by atoms with Crippen molar-refractivity contribution >= 4 is 27.3 Å². The van der Waals surface area contributed by atoms with Crippen LogP contribution in [0.15, 0.2) is 34.1 Å². The fourth-order valence-electron chi connectivity index (χ4n) is 1.75. The van der Waals surface area contributed by atoms with Gasteiger partial charge >= 0.3 is 0 Å². The van der Waals surface area contributed by atoms with E-state index in [0.29, 0.717) is 0 Å². The second-order valence-electron chi connectivity index (χ2n) is 3.97. The molecule has 0 aliphatic carbocycles. The maximum absolute atomic E-state index is 6.31. The lowest BCUT2D eigenvalue weighted by Crippen LogP contribution is -2.12. The van der Waals surface area contributed by atoms with Crippen LogP contribution in [0.25, 0.3) is 0 Å². The Hall–Kier alpha value is -0.640. The first-order valence-corrected chi connectivity index (χ1v) is 6.82. The third-order valence-electron chi connectivity index (χ3n) is 2.67. The maximum Gasteiger partial charge on any atom is 0.0659 e. The van der Waals surface area contributed by atoms with E-state index in [1.54, 1.807) is 11.3 Å². The van der Waals surface area contributed by atoms with Gasteiger partial charge in [0.2, 0.25) is 0 Å². The number of hydrogen-bond donors (Lipinski definition) is 1. The van der Waals surface area contributed by atoms with Gasteiger partial charge in [-0.3, -0.25) is 0 Å². The van der Waals surface area contributed by atoms with E-state index < -0.39 is 0 Å². The average Bonchev–Trinajstić information content (AvgIpc) is 2.67. The third kappa shape index (κ3) is 2.21. The molecule has 16 heavy (non-hydrogen) atoms. The minimum absolute atomic E-state index is 0.0331. The summed E-state index contributed by atoms with van der Waals surface area (Å²) < 4.78 is 1.08. The highest BCUT2D eigenvalue weighted by atomic mass is 79.9. The summed E-state index contributed by atoms with van der Waals surface area (Å²) in [5.74, 6) is 0. The van der Waals surface area contributed by atoms with Crippen molar-refractivity contribution < 1.29 is 0 Å². The molecular formula is C13H14BrNS. The Labute approximate surface area is 108 Å². The Kier molecular flexibility index (Phi) is 3.47. The van der Waals surface area contributed by atoms with Crippen molar-refractivity contribution in [2.24, 2.45) is 5.73 Å². The zero-order chi connectivity index (χ0) is 11.7. The molecule has 0 saturated heterocycles. The van der Waals surface area contributed by atoms with Crippen LogP contribution < -0.4 is 5.73 Å². The third-order valence-corrected chi connectivity index (χ3v) is 4.49. The quantitative estimate of drug-likeness (QED) is 0.884. The van der Waals surface area contributed by atoms with Crippen molar-refractivity contribution in [3.05, 3.63) is 55.7 Å². The number of hydrogen-bond acceptors (Lipinski definition) is 2. The van der Waals surface area contributed by atoms with Crippen LogP contribution in [-0.4, -0.2) is 0 Å². The smallest absolute Gasteiger partial charge is 0.0659 e. The Morgan fingerprint density at radius 1 is 1.25 bits per heavy atom. The zero-order valence-corrected chi connectivity index (χ0v) is 11.7. The van der Waals surface area contributed by atoms with Gasteiger partial charge < -0.3 is 5.73 Å². The highest BCUT2D eigenvalue weighted by Gasteiger charge is 2.15. The summed E-state index contributed by atoms with van der Waals surface area (Å²) in [7, 11) is 0. The van der Waals surface area contributed by atoms with Crippen LogP contribution in [0.2, 0.25) is 0 Å². The molecule has 1 heterocycles. The fourth-order valence-corrected chi connectivity index (χ4v) is 3.19. The Morgan fingerprint density at radius 3 is 2.62 bits per heavy atom. The Balaban J connectivity index is 2.45. The Bertz CT molecular complexity index is 504. The number of benzene rings is 1. The molecule has 2 aromatic rings. The van der Waals surface area contributed by atoms with E-state index in [1.165, 1.54) is 16.0 Å². The van der Waals surface area contributed by atoms with Gasteiger partial charge in [-0.25, -0.2) is 0 Å². The van der Waals surface area contributed by atoms with Gasteiger partial charge in [-0.2, -0.15) is 0 Å². The molecule has 84 valence electrons. The summed E-state index contributed by atoms with van der Waals surface area (Å²) in [5.41, 5.74) is 9.98. The van der Waals surface area contributed by atoms with Gasteiger partial charge in [-0.05, 0) is 42.5 Å². The normalized spacial score (nSPS) is 12.8. The van der Waals surface area contributed by atoms with Crippen molar-refractivity contribution in [1.29, 1.82) is 0 Å². The molecule has 0 amide bonds. The molecule has 0 bridgehead atoms. The van der Waals surface area contributed by atoms with Crippen molar-refractivity contribution in [1.82, 2.24) is 0 Å². The van der Waals surface area contributed by atoms with Crippen molar-refractivity contribution in [2.45, 2.75) is 19.9 Å². The first-order chi connectivity index (χ1) is 7.59. The van der Waals surface area contributed by atoms with Crippen molar-refractivity contribution in [3.8, 4) is 0 Å². The lowest BCUT2D eigenvalue weighted by molar-refractivity contribution is 0.877. The topological polar surface area (TPSA) is 26.0 Å². The maximum atomic E-state index is 6.31. The number of nitrogens with two attached hydrogens (primary N) is 1. The van der Waals surface area contributed by atoms with Gasteiger partial charge in [0.1, 0.15) is 0 Å². The molecule has 0 fully saturated rings. The van der Waals surface area contributed by atoms with Crippen LogP contribution in [0.3, 0.4) is 0 Å². The first kappa shape index (κ1) is 11.8. The van der Waals surface area contributed by atoms with Crippen LogP contribution in [0.1, 0.15) is 27.6 Å². The summed E-state index contributed by atoms with van der Waals surface area (Å²) in [6, 6.07) is 8.38. The minimum Gasteiger partial charge on any atom is -0.320 e. The van der Waals surface area contributed by atoms with Gasteiger partial charge in [0, 0.05) is 9.35 Å². The van der Waals surface area contributed by atoms with Gasteiger partial charge in [-0.15, -0.1) is 11.3 Å². The molecule has 2 rings (SSSR count). The molecule has 1 atom stereocenters. The molecule has 0 saturated carbocycles. The Morgan fingerprint density at radius 2 is 2.00 bits per heavy atom. The standard InChI is InChI=1S/C13H14BrNS/c1-8-3-4-11(14)10(7-8)12(15)13-9(2)5-6-16-13/h3-7,12H,15H2,1-2H3. The summed E-state index contributed by atoms with van der Waals surface area (Å²) in [6.45, 7) is 4.19. The molecule has 1 unspecified atom stereocenters. The molecule has 2 N–H and O–H groups in total. The van der Waals surface area contributed by atoms with Gasteiger partial charge in [-0.1, -0.05) is 33.6 Å². The van der Waals surface area contributed by atoms with E-state index in [2.05, 4.69) is 59.4 Å². The van der Waals surface area contributed by atoms with E-state index in [9.17, 15) is 0 Å².